The molecule has 3 nitrogen and oxygen atoms in total. The van der Waals surface area contributed by atoms with E-state index in [1.54, 1.807) is 6.20 Å². The van der Waals surface area contributed by atoms with Crippen LogP contribution in [0, 0.1) is 0 Å². The van der Waals surface area contributed by atoms with Gasteiger partial charge in [0, 0.05) is 28.2 Å². The van der Waals surface area contributed by atoms with Crippen LogP contribution >= 0.6 is 15.9 Å². The molecule has 4 heteroatoms. The quantitative estimate of drug-likeness (QED) is 0.947. The Morgan fingerprint density at radius 1 is 1.17 bits per heavy atom. The van der Waals surface area contributed by atoms with E-state index in [4.69, 9.17) is 5.73 Å². The van der Waals surface area contributed by atoms with Crippen LogP contribution < -0.4 is 5.73 Å². The first-order chi connectivity index (χ1) is 8.44. The summed E-state index contributed by atoms with van der Waals surface area (Å²) in [7, 11) is 0. The molecule has 18 heavy (non-hydrogen) atoms. The van der Waals surface area contributed by atoms with Crippen LogP contribution in [0.1, 0.15) is 19.7 Å². The molecular formula is C14H16BrN3. The Bertz CT molecular complexity index is 529. The van der Waals surface area contributed by atoms with E-state index in [0.717, 1.165) is 21.6 Å². The van der Waals surface area contributed by atoms with Gasteiger partial charge in [0.15, 0.2) is 0 Å². The molecule has 0 saturated heterocycles. The van der Waals surface area contributed by atoms with E-state index in [9.17, 15) is 0 Å². The number of hydrogen-bond acceptors (Lipinski definition) is 3. The van der Waals surface area contributed by atoms with Crippen molar-refractivity contribution in [2.75, 3.05) is 0 Å². The van der Waals surface area contributed by atoms with Crippen LogP contribution in [-0.4, -0.2) is 15.5 Å². The molecule has 0 atom stereocenters. The van der Waals surface area contributed by atoms with E-state index < -0.39 is 0 Å². The molecule has 0 unspecified atom stereocenters. The lowest BCUT2D eigenvalue weighted by Gasteiger charge is -2.17. The third-order valence-corrected chi connectivity index (χ3v) is 2.99. The highest BCUT2D eigenvalue weighted by molar-refractivity contribution is 9.10. The second kappa shape index (κ2) is 5.16. The Hall–Kier alpha value is -1.26. The Labute approximate surface area is 116 Å². The molecule has 0 fully saturated rings. The average molecular weight is 306 g/mol. The summed E-state index contributed by atoms with van der Waals surface area (Å²) in [5, 5.41) is 0. The minimum Gasteiger partial charge on any atom is -0.325 e. The van der Waals surface area contributed by atoms with Gasteiger partial charge in [0.2, 0.25) is 0 Å². The molecule has 0 aliphatic rings. The van der Waals surface area contributed by atoms with Crippen molar-refractivity contribution in [3.63, 3.8) is 0 Å². The second-order valence-corrected chi connectivity index (χ2v) is 5.95. The molecule has 0 aliphatic carbocycles. The SMILES string of the molecule is CC(C)(N)Cc1nccc(-c2ccc(Br)cc2)n1. The summed E-state index contributed by atoms with van der Waals surface area (Å²) in [5.41, 5.74) is 7.70. The van der Waals surface area contributed by atoms with Crippen LogP contribution in [0.4, 0.5) is 0 Å². The maximum Gasteiger partial charge on any atom is 0.130 e. The summed E-state index contributed by atoms with van der Waals surface area (Å²) >= 11 is 3.42. The zero-order valence-corrected chi connectivity index (χ0v) is 12.1. The van der Waals surface area contributed by atoms with Crippen LogP contribution in [0.5, 0.6) is 0 Å². The standard InChI is InChI=1S/C14H16BrN3/c1-14(2,16)9-13-17-8-7-12(18-13)10-3-5-11(15)6-4-10/h3-8H,9,16H2,1-2H3. The van der Waals surface area contributed by atoms with Crippen LogP contribution in [0.2, 0.25) is 0 Å². The van der Waals surface area contributed by atoms with Gasteiger partial charge in [0.25, 0.3) is 0 Å². The average Bonchev–Trinajstić information content (AvgIpc) is 2.28. The number of hydrogen-bond donors (Lipinski definition) is 1. The lowest BCUT2D eigenvalue weighted by molar-refractivity contribution is 0.502. The topological polar surface area (TPSA) is 51.8 Å². The van der Waals surface area contributed by atoms with Gasteiger partial charge < -0.3 is 5.73 Å². The molecule has 1 aromatic carbocycles. The van der Waals surface area contributed by atoms with Gasteiger partial charge >= 0.3 is 0 Å². The molecular weight excluding hydrogens is 290 g/mol. The van der Waals surface area contributed by atoms with Crippen molar-refractivity contribution in [1.29, 1.82) is 0 Å². The molecule has 94 valence electrons. The predicted octanol–water partition coefficient (Wildman–Crippen LogP) is 3.19. The highest BCUT2D eigenvalue weighted by Gasteiger charge is 2.14. The lowest BCUT2D eigenvalue weighted by atomic mass is 10.0. The molecule has 2 N–H and O–H groups in total. The van der Waals surface area contributed by atoms with Crippen LogP contribution in [0.25, 0.3) is 11.3 Å². The largest absolute Gasteiger partial charge is 0.325 e. The van der Waals surface area contributed by atoms with Crippen molar-refractivity contribution in [3.8, 4) is 11.3 Å². The van der Waals surface area contributed by atoms with Crippen molar-refractivity contribution in [2.45, 2.75) is 25.8 Å². The van der Waals surface area contributed by atoms with Gasteiger partial charge in [0.05, 0.1) is 5.69 Å². The molecule has 0 bridgehead atoms. The Kier molecular flexibility index (Phi) is 3.78. The fraction of sp³-hybridized carbons (Fsp3) is 0.286. The minimum absolute atomic E-state index is 0.293. The first kappa shape index (κ1) is 13.2. The Balaban J connectivity index is 2.29. The van der Waals surface area contributed by atoms with Crippen molar-refractivity contribution < 1.29 is 0 Å². The molecule has 2 rings (SSSR count). The number of nitrogens with two attached hydrogens (primary N) is 1. The summed E-state index contributed by atoms with van der Waals surface area (Å²) in [6.45, 7) is 3.95. The minimum atomic E-state index is -0.293. The Morgan fingerprint density at radius 2 is 1.83 bits per heavy atom. The van der Waals surface area contributed by atoms with Gasteiger partial charge in [-0.2, -0.15) is 0 Å². The molecule has 2 aromatic rings. The highest BCUT2D eigenvalue weighted by Crippen LogP contribution is 2.20. The van der Waals surface area contributed by atoms with E-state index in [1.165, 1.54) is 0 Å². The maximum absolute atomic E-state index is 5.99. The van der Waals surface area contributed by atoms with E-state index in [1.807, 2.05) is 44.2 Å². The zero-order valence-electron chi connectivity index (χ0n) is 10.5. The monoisotopic (exact) mass is 305 g/mol. The third-order valence-electron chi connectivity index (χ3n) is 2.46. The summed E-state index contributed by atoms with van der Waals surface area (Å²) < 4.78 is 1.06. The van der Waals surface area contributed by atoms with Gasteiger partial charge in [0.1, 0.15) is 5.82 Å². The normalized spacial score (nSPS) is 11.6. The van der Waals surface area contributed by atoms with Crippen molar-refractivity contribution in [2.24, 2.45) is 5.73 Å². The summed E-state index contributed by atoms with van der Waals surface area (Å²) in [6, 6.07) is 9.98. The van der Waals surface area contributed by atoms with E-state index >= 15 is 0 Å². The molecule has 0 spiro atoms. The van der Waals surface area contributed by atoms with Gasteiger partial charge in [-0.25, -0.2) is 9.97 Å². The number of nitrogens with zero attached hydrogens (tertiary/aromatic N) is 2. The molecule has 0 amide bonds. The molecule has 1 aromatic heterocycles. The fourth-order valence-electron chi connectivity index (χ4n) is 1.67. The predicted molar refractivity (Wildman–Crippen MR) is 77.1 cm³/mol. The molecule has 0 saturated carbocycles. The van der Waals surface area contributed by atoms with Crippen LogP contribution in [-0.2, 0) is 6.42 Å². The number of rotatable bonds is 3. The van der Waals surface area contributed by atoms with Crippen LogP contribution in [0.15, 0.2) is 41.0 Å². The maximum atomic E-state index is 5.99. The van der Waals surface area contributed by atoms with E-state index in [0.29, 0.717) is 6.42 Å². The van der Waals surface area contributed by atoms with E-state index in [2.05, 4.69) is 25.9 Å². The highest BCUT2D eigenvalue weighted by atomic mass is 79.9. The number of aromatic nitrogens is 2. The molecule has 0 aliphatic heterocycles. The number of halogens is 1. The smallest absolute Gasteiger partial charge is 0.130 e. The third kappa shape index (κ3) is 3.62. The first-order valence-corrected chi connectivity index (χ1v) is 6.60. The number of benzene rings is 1. The lowest BCUT2D eigenvalue weighted by Crippen LogP contribution is -2.35. The van der Waals surface area contributed by atoms with Crippen LogP contribution in [0.3, 0.4) is 0 Å². The van der Waals surface area contributed by atoms with Crippen molar-refractivity contribution in [1.82, 2.24) is 9.97 Å². The zero-order chi connectivity index (χ0) is 13.2. The van der Waals surface area contributed by atoms with Crippen molar-refractivity contribution in [3.05, 3.63) is 46.8 Å². The summed E-state index contributed by atoms with van der Waals surface area (Å²) in [5.74, 6) is 0.780. The van der Waals surface area contributed by atoms with Gasteiger partial charge in [-0.1, -0.05) is 28.1 Å². The molecule has 1 heterocycles. The van der Waals surface area contributed by atoms with Gasteiger partial charge in [-0.05, 0) is 32.0 Å². The summed E-state index contributed by atoms with van der Waals surface area (Å²) in [6.07, 6.45) is 2.45. The molecule has 0 radical (unpaired) electrons. The van der Waals surface area contributed by atoms with Gasteiger partial charge in [-0.15, -0.1) is 0 Å². The van der Waals surface area contributed by atoms with Gasteiger partial charge in [-0.3, -0.25) is 0 Å². The Morgan fingerprint density at radius 3 is 2.44 bits per heavy atom. The van der Waals surface area contributed by atoms with Crippen molar-refractivity contribution >= 4 is 15.9 Å². The van der Waals surface area contributed by atoms with E-state index in [-0.39, 0.29) is 5.54 Å². The fourth-order valence-corrected chi connectivity index (χ4v) is 1.94. The summed E-state index contributed by atoms with van der Waals surface area (Å²) in [4.78, 5) is 8.82. The second-order valence-electron chi connectivity index (χ2n) is 5.03. The first-order valence-electron chi connectivity index (χ1n) is 5.81.